The van der Waals surface area contributed by atoms with Crippen LogP contribution in [0.3, 0.4) is 0 Å². The maximum Gasteiger partial charge on any atom is 0.216 e. The molecule has 0 aliphatic heterocycles. The van der Waals surface area contributed by atoms with Crippen LogP contribution >= 0.6 is 12.6 Å². The van der Waals surface area contributed by atoms with Gasteiger partial charge in [-0.25, -0.2) is 4.98 Å². The number of H-pyrrole nitrogens is 1. The summed E-state index contributed by atoms with van der Waals surface area (Å²) in [6.07, 6.45) is 6.20. The molecule has 2 heterocycles. The van der Waals surface area contributed by atoms with E-state index in [1.54, 1.807) is 0 Å². The number of thiol groups is 1. The summed E-state index contributed by atoms with van der Waals surface area (Å²) >= 11 is 4.23. The number of carbonyl (C=O) groups excluding carboxylic acids is 2. The Kier molecular flexibility index (Phi) is 5.46. The zero-order valence-corrected chi connectivity index (χ0v) is 17.4. The van der Waals surface area contributed by atoms with Crippen molar-refractivity contribution in [2.24, 2.45) is 0 Å². The Balaban J connectivity index is 1.84. The monoisotopic (exact) mass is 407 g/mol. The van der Waals surface area contributed by atoms with Gasteiger partial charge in [0.1, 0.15) is 5.65 Å². The maximum atomic E-state index is 12.4. The average Bonchev–Trinajstić information content (AvgIpc) is 3.34. The first kappa shape index (κ1) is 19.7. The Morgan fingerprint density at radius 2 is 1.93 bits per heavy atom. The van der Waals surface area contributed by atoms with Crippen LogP contribution < -0.4 is 5.32 Å². The molecule has 5 nitrogen and oxygen atoms in total. The number of amides is 1. The molecule has 29 heavy (non-hydrogen) atoms. The Bertz CT molecular complexity index is 1050. The molecule has 1 fully saturated rings. The summed E-state index contributed by atoms with van der Waals surface area (Å²) in [5.41, 5.74) is 4.39. The van der Waals surface area contributed by atoms with Gasteiger partial charge in [-0.05, 0) is 42.0 Å². The molecule has 0 radical (unpaired) electrons. The standard InChI is InChI=1S/C23H25N3O2S/c1-15(27)24-12-9-18-19-13-17(23(22(28)29)10-5-6-11-23)14-25-21(19)26-20(18)16-7-3-2-4-8-16/h2-4,7-8,13-14H,5-6,9-12H2,1H3,(H,24,27)(H,25,26)(H,28,29). The third-order valence-electron chi connectivity index (χ3n) is 5.99. The molecule has 1 aromatic carbocycles. The van der Waals surface area contributed by atoms with Crippen LogP contribution in [0.1, 0.15) is 43.7 Å². The molecule has 4 rings (SSSR count). The van der Waals surface area contributed by atoms with E-state index in [0.717, 1.165) is 59.1 Å². The molecule has 1 amide bonds. The van der Waals surface area contributed by atoms with Gasteiger partial charge in [0.2, 0.25) is 5.91 Å². The normalized spacial score (nSPS) is 15.5. The van der Waals surface area contributed by atoms with Crippen molar-refractivity contribution in [3.8, 4) is 11.3 Å². The molecule has 1 aliphatic carbocycles. The summed E-state index contributed by atoms with van der Waals surface area (Å²) in [7, 11) is 0. The summed E-state index contributed by atoms with van der Waals surface area (Å²) in [4.78, 5) is 31.9. The summed E-state index contributed by atoms with van der Waals surface area (Å²) in [6, 6.07) is 12.2. The fourth-order valence-electron chi connectivity index (χ4n) is 4.46. The second-order valence-corrected chi connectivity index (χ2v) is 8.20. The highest BCUT2D eigenvalue weighted by molar-refractivity contribution is 7.96. The number of hydrogen-bond donors (Lipinski definition) is 3. The zero-order valence-electron chi connectivity index (χ0n) is 16.5. The number of nitrogens with zero attached hydrogens (tertiary/aromatic N) is 1. The Labute approximate surface area is 175 Å². The molecule has 6 heteroatoms. The van der Waals surface area contributed by atoms with Crippen molar-refractivity contribution in [1.29, 1.82) is 0 Å². The molecule has 0 atom stereocenters. The topological polar surface area (TPSA) is 74.8 Å². The van der Waals surface area contributed by atoms with Crippen LogP contribution in [0.2, 0.25) is 0 Å². The van der Waals surface area contributed by atoms with E-state index in [-0.39, 0.29) is 11.0 Å². The van der Waals surface area contributed by atoms with Crippen molar-refractivity contribution in [2.45, 2.75) is 44.4 Å². The number of aromatic amines is 1. The number of rotatable bonds is 6. The van der Waals surface area contributed by atoms with E-state index in [0.29, 0.717) is 13.0 Å². The molecular weight excluding hydrogens is 382 g/mol. The number of hydrogen-bond acceptors (Lipinski definition) is 3. The lowest BCUT2D eigenvalue weighted by atomic mass is 9.80. The van der Waals surface area contributed by atoms with Gasteiger partial charge in [0.25, 0.3) is 0 Å². The quantitative estimate of drug-likeness (QED) is 0.537. The van der Waals surface area contributed by atoms with Crippen molar-refractivity contribution in [3.05, 3.63) is 53.7 Å². The predicted octanol–water partition coefficient (Wildman–Crippen LogP) is 4.18. The van der Waals surface area contributed by atoms with Crippen molar-refractivity contribution < 1.29 is 9.59 Å². The maximum absolute atomic E-state index is 12.4. The second kappa shape index (κ2) is 8.03. The van der Waals surface area contributed by atoms with Crippen LogP contribution in [0, 0.1) is 0 Å². The smallest absolute Gasteiger partial charge is 0.216 e. The van der Waals surface area contributed by atoms with Crippen LogP contribution in [-0.2, 0) is 21.4 Å². The first-order valence-electron chi connectivity index (χ1n) is 10.1. The van der Waals surface area contributed by atoms with Gasteiger partial charge in [0, 0.05) is 25.1 Å². The Morgan fingerprint density at radius 3 is 2.59 bits per heavy atom. The third kappa shape index (κ3) is 3.69. The van der Waals surface area contributed by atoms with Gasteiger partial charge in [-0.3, -0.25) is 9.59 Å². The molecule has 1 saturated carbocycles. The molecule has 2 N–H and O–H groups in total. The van der Waals surface area contributed by atoms with Gasteiger partial charge < -0.3 is 10.3 Å². The van der Waals surface area contributed by atoms with Crippen LogP contribution in [0.15, 0.2) is 42.6 Å². The van der Waals surface area contributed by atoms with E-state index in [2.05, 4.69) is 46.1 Å². The predicted molar refractivity (Wildman–Crippen MR) is 118 cm³/mol. The molecule has 3 aromatic rings. The molecule has 2 aromatic heterocycles. The summed E-state index contributed by atoms with van der Waals surface area (Å²) in [6.45, 7) is 2.07. The number of aromatic nitrogens is 2. The average molecular weight is 408 g/mol. The van der Waals surface area contributed by atoms with Gasteiger partial charge in [-0.15, -0.1) is 12.6 Å². The molecule has 0 spiro atoms. The third-order valence-corrected chi connectivity index (χ3v) is 6.42. The van der Waals surface area contributed by atoms with Crippen LogP contribution in [-0.4, -0.2) is 27.5 Å². The second-order valence-electron chi connectivity index (χ2n) is 7.79. The summed E-state index contributed by atoms with van der Waals surface area (Å²) < 4.78 is 0. The SMILES string of the molecule is CC(=O)NCCc1c(-c2ccccc2)[nH]c2ncc(C3(C(=O)S)CCCC3)cc12. The minimum Gasteiger partial charge on any atom is -0.356 e. The Morgan fingerprint density at radius 1 is 1.21 bits per heavy atom. The largest absolute Gasteiger partial charge is 0.356 e. The van der Waals surface area contributed by atoms with Crippen molar-refractivity contribution >= 4 is 34.7 Å². The number of benzene rings is 1. The van der Waals surface area contributed by atoms with E-state index < -0.39 is 5.41 Å². The van der Waals surface area contributed by atoms with Gasteiger partial charge in [-0.1, -0.05) is 43.2 Å². The molecule has 150 valence electrons. The van der Waals surface area contributed by atoms with Gasteiger partial charge >= 0.3 is 0 Å². The number of nitrogens with one attached hydrogen (secondary N) is 2. The van der Waals surface area contributed by atoms with Gasteiger partial charge in [-0.2, -0.15) is 0 Å². The van der Waals surface area contributed by atoms with E-state index in [1.165, 1.54) is 6.92 Å². The highest BCUT2D eigenvalue weighted by Crippen LogP contribution is 2.44. The van der Waals surface area contributed by atoms with Crippen LogP contribution in [0.5, 0.6) is 0 Å². The summed E-state index contributed by atoms with van der Waals surface area (Å²) in [5, 5.41) is 3.82. The minimum atomic E-state index is -0.538. The Hall–Kier alpha value is -2.60. The van der Waals surface area contributed by atoms with Crippen molar-refractivity contribution in [3.63, 3.8) is 0 Å². The highest BCUT2D eigenvalue weighted by Gasteiger charge is 2.41. The molecular formula is C23H25N3O2S. The van der Waals surface area contributed by atoms with E-state index in [9.17, 15) is 9.59 Å². The van der Waals surface area contributed by atoms with Crippen molar-refractivity contribution in [1.82, 2.24) is 15.3 Å². The van der Waals surface area contributed by atoms with E-state index >= 15 is 0 Å². The first-order valence-corrected chi connectivity index (χ1v) is 10.5. The lowest BCUT2D eigenvalue weighted by Crippen LogP contribution is -2.29. The lowest BCUT2D eigenvalue weighted by molar-refractivity contribution is -0.119. The van der Waals surface area contributed by atoms with Crippen molar-refractivity contribution in [2.75, 3.05) is 6.54 Å². The minimum absolute atomic E-state index is 0.0458. The van der Waals surface area contributed by atoms with E-state index in [1.807, 2.05) is 24.4 Å². The number of fused-ring (bicyclic) bond motifs is 1. The van der Waals surface area contributed by atoms with Crippen LogP contribution in [0.25, 0.3) is 22.3 Å². The molecule has 0 bridgehead atoms. The van der Waals surface area contributed by atoms with E-state index in [4.69, 9.17) is 0 Å². The fraction of sp³-hybridized carbons (Fsp3) is 0.348. The first-order chi connectivity index (χ1) is 14.0. The lowest BCUT2D eigenvalue weighted by Gasteiger charge is -2.25. The van der Waals surface area contributed by atoms with Gasteiger partial charge in [0.15, 0.2) is 5.12 Å². The highest BCUT2D eigenvalue weighted by atomic mass is 32.1. The van der Waals surface area contributed by atoms with Gasteiger partial charge in [0.05, 0.1) is 11.1 Å². The summed E-state index contributed by atoms with van der Waals surface area (Å²) in [5.74, 6) is -0.0458. The molecule has 1 aliphatic rings. The molecule has 0 saturated heterocycles. The number of pyridine rings is 1. The fourth-order valence-corrected chi connectivity index (χ4v) is 4.82. The van der Waals surface area contributed by atoms with Crippen LogP contribution in [0.4, 0.5) is 0 Å². The zero-order chi connectivity index (χ0) is 20.4. The molecule has 0 unspecified atom stereocenters. The number of carbonyl (C=O) groups is 2.